The van der Waals surface area contributed by atoms with E-state index < -0.39 is 103 Å². The van der Waals surface area contributed by atoms with E-state index in [-0.39, 0.29) is 30.8 Å². The zero-order valence-electron chi connectivity index (χ0n) is 31.1. The van der Waals surface area contributed by atoms with E-state index in [4.69, 9.17) is 10.5 Å². The van der Waals surface area contributed by atoms with E-state index in [2.05, 4.69) is 26.6 Å². The van der Waals surface area contributed by atoms with Crippen LogP contribution in [0.2, 0.25) is 0 Å². The summed E-state index contributed by atoms with van der Waals surface area (Å²) >= 11 is 1.33. The maximum atomic E-state index is 13.7. The van der Waals surface area contributed by atoms with Crippen molar-refractivity contribution in [1.29, 1.82) is 0 Å². The first kappa shape index (κ1) is 44.8. The third-order valence-electron chi connectivity index (χ3n) is 8.97. The Morgan fingerprint density at radius 1 is 0.845 bits per heavy atom. The van der Waals surface area contributed by atoms with Gasteiger partial charge >= 0.3 is 17.7 Å². The van der Waals surface area contributed by atoms with E-state index in [0.717, 1.165) is 16.8 Å². The molecule has 1 aliphatic rings. The number of benzene rings is 2. The number of phenols is 2. The lowest BCUT2D eigenvalue weighted by Gasteiger charge is -2.25. The van der Waals surface area contributed by atoms with Gasteiger partial charge in [-0.2, -0.15) is 11.8 Å². The molecule has 21 nitrogen and oxygen atoms in total. The number of aliphatic hydroxyl groups is 2. The smallest absolute Gasteiger partial charge is 0.330 e. The number of aromatic hydroxyl groups is 2. The molecule has 2 heterocycles. The summed E-state index contributed by atoms with van der Waals surface area (Å²) in [6, 6.07) is 6.29. The van der Waals surface area contributed by atoms with Gasteiger partial charge in [-0.05, 0) is 60.2 Å². The second-order valence-electron chi connectivity index (χ2n) is 13.3. The number of thioether (sulfide) groups is 1. The number of carboxylic acids is 1. The van der Waals surface area contributed by atoms with Crippen molar-refractivity contribution in [2.45, 2.75) is 68.0 Å². The molecule has 2 aromatic carbocycles. The molecule has 0 radical (unpaired) electrons. The van der Waals surface area contributed by atoms with Crippen molar-refractivity contribution in [3.05, 3.63) is 92.8 Å². The number of nitrogens with two attached hydrogens (primary N) is 1. The van der Waals surface area contributed by atoms with Crippen LogP contribution in [0.1, 0.15) is 23.8 Å². The molecule has 5 amide bonds. The number of aliphatic carboxylic acids is 1. The van der Waals surface area contributed by atoms with E-state index in [0.29, 0.717) is 16.9 Å². The Kier molecular flexibility index (Phi) is 16.2. The first-order valence-corrected chi connectivity index (χ1v) is 19.2. The third kappa shape index (κ3) is 12.8. The predicted molar refractivity (Wildman–Crippen MR) is 207 cm³/mol. The van der Waals surface area contributed by atoms with Gasteiger partial charge in [-0.3, -0.25) is 28.7 Å². The number of ether oxygens (including phenoxy) is 1. The molecule has 22 heteroatoms. The number of carbonyl (C=O) groups is 5. The molecule has 0 aliphatic carbocycles. The largest absolute Gasteiger partial charge is 0.508 e. The van der Waals surface area contributed by atoms with Crippen LogP contribution in [-0.4, -0.2) is 132 Å². The fourth-order valence-electron chi connectivity index (χ4n) is 5.86. The summed E-state index contributed by atoms with van der Waals surface area (Å²) in [5.74, 6) is -3.67. The molecule has 8 atom stereocenters. The summed E-state index contributed by atoms with van der Waals surface area (Å²) in [6.07, 6.45) is -3.36. The fraction of sp³-hybridized carbons (Fsp3) is 0.417. The van der Waals surface area contributed by atoms with Gasteiger partial charge in [-0.15, -0.1) is 0 Å². The van der Waals surface area contributed by atoms with Crippen molar-refractivity contribution in [2.75, 3.05) is 25.1 Å². The first-order chi connectivity index (χ1) is 27.6. The van der Waals surface area contributed by atoms with Crippen LogP contribution in [0, 0.1) is 0 Å². The number of aliphatic hydroxyl groups excluding tert-OH is 2. The van der Waals surface area contributed by atoms with Crippen LogP contribution < -0.4 is 43.6 Å². The van der Waals surface area contributed by atoms with Gasteiger partial charge in [-0.1, -0.05) is 24.3 Å². The SMILES string of the molecule is CSCC[C@H](NC(=O)N[C@@H](Cc1cccc(O)c1)C(=O)O)C(=O)N[C@@H](CNC(=O)[C@@H](N)Cc1ccc(O)cc1)C(=O)NC[C@H]1O[C@@H](n2ccc(=O)[nH]c2=O)[C@H](O)[C@@H]1O. The number of hydrogen-bond donors (Lipinski definition) is 12. The van der Waals surface area contributed by atoms with Gasteiger partial charge < -0.3 is 62.6 Å². The monoisotopic (exact) mass is 830 g/mol. The van der Waals surface area contributed by atoms with E-state index in [1.807, 2.05) is 4.98 Å². The maximum absolute atomic E-state index is 13.7. The molecule has 58 heavy (non-hydrogen) atoms. The van der Waals surface area contributed by atoms with Crippen molar-refractivity contribution in [2.24, 2.45) is 5.73 Å². The van der Waals surface area contributed by atoms with Gasteiger partial charge in [-0.25, -0.2) is 14.4 Å². The lowest BCUT2D eigenvalue weighted by molar-refractivity contribution is -0.139. The molecule has 314 valence electrons. The standard InChI is InChI=1S/C36H46N8O13S/c1-58-12-10-23(41-35(55)42-24(34(53)54)15-19-3-2-4-21(46)13-19)32(52)40-25(16-38-30(50)22(37)14-18-5-7-20(45)8-6-18)31(51)39-17-26-28(48)29(49)33(57-26)44-11-9-27(47)43-36(44)56/h2-9,11,13,22-26,28-29,33,45-46,48-49H,10,12,14-17,37H2,1H3,(H,38,50)(H,39,51)(H,40,52)(H,53,54)(H2,41,42,55)(H,43,47,56)/t22-,23-,24-,25-,26+,28+,29+,33+/m0/s1. The second-order valence-corrected chi connectivity index (χ2v) is 14.3. The van der Waals surface area contributed by atoms with Crippen molar-refractivity contribution in [3.63, 3.8) is 0 Å². The number of hydrogen-bond acceptors (Lipinski definition) is 14. The number of nitrogens with one attached hydrogen (secondary N) is 6. The van der Waals surface area contributed by atoms with Crippen molar-refractivity contribution in [1.82, 2.24) is 36.1 Å². The third-order valence-corrected chi connectivity index (χ3v) is 9.61. The predicted octanol–water partition coefficient (Wildman–Crippen LogP) is -3.03. The lowest BCUT2D eigenvalue weighted by atomic mass is 10.1. The minimum Gasteiger partial charge on any atom is -0.508 e. The molecule has 13 N–H and O–H groups in total. The van der Waals surface area contributed by atoms with Crippen LogP contribution >= 0.6 is 11.8 Å². The zero-order chi connectivity index (χ0) is 42.5. The molecule has 0 unspecified atom stereocenters. The number of carboxylic acid groups (broad SMARTS) is 1. The molecule has 0 bridgehead atoms. The molecule has 1 saturated heterocycles. The Bertz CT molecular complexity index is 2030. The quantitative estimate of drug-likeness (QED) is 0.0572. The Labute approximate surface area is 334 Å². The van der Waals surface area contributed by atoms with Gasteiger partial charge in [0.05, 0.1) is 6.04 Å². The van der Waals surface area contributed by atoms with Gasteiger partial charge in [0.2, 0.25) is 17.7 Å². The molecule has 3 aromatic rings. The van der Waals surface area contributed by atoms with Crippen LogP contribution in [0.5, 0.6) is 11.5 Å². The highest BCUT2D eigenvalue weighted by Crippen LogP contribution is 2.28. The minimum absolute atomic E-state index is 0.00933. The number of aromatic amines is 1. The van der Waals surface area contributed by atoms with Crippen molar-refractivity contribution in [3.8, 4) is 11.5 Å². The number of amides is 5. The summed E-state index contributed by atoms with van der Waals surface area (Å²) in [4.78, 5) is 91.2. The van der Waals surface area contributed by atoms with Gasteiger partial charge in [0, 0.05) is 31.8 Å². The van der Waals surface area contributed by atoms with E-state index in [1.54, 1.807) is 24.5 Å². The summed E-state index contributed by atoms with van der Waals surface area (Å²) in [7, 11) is 0. The van der Waals surface area contributed by atoms with Crippen LogP contribution in [0.25, 0.3) is 0 Å². The van der Waals surface area contributed by atoms with E-state index >= 15 is 0 Å². The average Bonchev–Trinajstić information content (AvgIpc) is 3.45. The molecular weight excluding hydrogens is 785 g/mol. The molecule has 1 aliphatic heterocycles. The molecule has 0 spiro atoms. The summed E-state index contributed by atoms with van der Waals surface area (Å²) in [5, 5.41) is 62.5. The summed E-state index contributed by atoms with van der Waals surface area (Å²) < 4.78 is 6.49. The number of aromatic nitrogens is 2. The number of rotatable bonds is 19. The molecule has 4 rings (SSSR count). The Balaban J connectivity index is 1.47. The Morgan fingerprint density at radius 2 is 1.55 bits per heavy atom. The van der Waals surface area contributed by atoms with Crippen LogP contribution in [0.4, 0.5) is 4.79 Å². The van der Waals surface area contributed by atoms with Crippen LogP contribution in [0.3, 0.4) is 0 Å². The highest BCUT2D eigenvalue weighted by molar-refractivity contribution is 7.98. The zero-order valence-corrected chi connectivity index (χ0v) is 31.9. The normalized spacial score (nSPS) is 19.5. The van der Waals surface area contributed by atoms with Gasteiger partial charge in [0.1, 0.15) is 47.9 Å². The molecule has 1 aromatic heterocycles. The van der Waals surface area contributed by atoms with Crippen LogP contribution in [-0.2, 0) is 36.8 Å². The van der Waals surface area contributed by atoms with Crippen molar-refractivity contribution < 1.29 is 54.2 Å². The van der Waals surface area contributed by atoms with Gasteiger partial charge in [0.25, 0.3) is 5.56 Å². The number of nitrogens with zero attached hydrogens (tertiary/aromatic N) is 1. The number of phenolic OH excluding ortho intramolecular Hbond substituents is 2. The number of carbonyl (C=O) groups excluding carboxylic acids is 4. The highest BCUT2D eigenvalue weighted by Gasteiger charge is 2.44. The van der Waals surface area contributed by atoms with E-state index in [1.165, 1.54) is 42.1 Å². The summed E-state index contributed by atoms with van der Waals surface area (Å²) in [5.41, 5.74) is 5.49. The molecular formula is C36H46N8O13S. The van der Waals surface area contributed by atoms with Crippen molar-refractivity contribution >= 4 is 41.5 Å². The second kappa shape index (κ2) is 21.0. The Hall–Kier alpha value is -5.94. The summed E-state index contributed by atoms with van der Waals surface area (Å²) in [6.45, 7) is -1.00. The fourth-order valence-corrected chi connectivity index (χ4v) is 6.33. The molecule has 0 saturated carbocycles. The van der Waals surface area contributed by atoms with Gasteiger partial charge in [0.15, 0.2) is 6.23 Å². The van der Waals surface area contributed by atoms with E-state index in [9.17, 15) is 59.1 Å². The lowest BCUT2D eigenvalue weighted by Crippen LogP contribution is -2.60. The first-order valence-electron chi connectivity index (χ1n) is 17.8. The number of H-pyrrole nitrogens is 1. The highest BCUT2D eigenvalue weighted by atomic mass is 32.2. The number of urea groups is 1. The molecule has 1 fully saturated rings. The maximum Gasteiger partial charge on any atom is 0.330 e. The minimum atomic E-state index is -1.66. The Morgan fingerprint density at radius 3 is 2.21 bits per heavy atom. The van der Waals surface area contributed by atoms with Crippen LogP contribution in [0.15, 0.2) is 70.4 Å². The average molecular weight is 831 g/mol. The topological polar surface area (TPSA) is 337 Å².